The lowest BCUT2D eigenvalue weighted by Gasteiger charge is -2.39. The Morgan fingerprint density at radius 2 is 2.24 bits per heavy atom. The molecule has 7 nitrogen and oxygen atoms in total. The van der Waals surface area contributed by atoms with Crippen LogP contribution in [0.15, 0.2) is 43.0 Å². The molecule has 4 rings (SSSR count). The van der Waals surface area contributed by atoms with Crippen LogP contribution in [0.25, 0.3) is 0 Å². The minimum atomic E-state index is -0.256. The highest BCUT2D eigenvalue weighted by molar-refractivity contribution is 5.93. The number of anilines is 1. The summed E-state index contributed by atoms with van der Waals surface area (Å²) in [7, 11) is 0. The zero-order chi connectivity index (χ0) is 17.1. The van der Waals surface area contributed by atoms with E-state index in [-0.39, 0.29) is 17.6 Å². The lowest BCUT2D eigenvalue weighted by Crippen LogP contribution is -2.50. The number of aromatic nitrogens is 3. The van der Waals surface area contributed by atoms with Gasteiger partial charge in [-0.15, -0.1) is 0 Å². The average molecular weight is 339 g/mol. The van der Waals surface area contributed by atoms with Gasteiger partial charge in [0.05, 0.1) is 48.4 Å². The maximum atomic E-state index is 12.7. The van der Waals surface area contributed by atoms with Crippen LogP contribution >= 0.6 is 0 Å². The van der Waals surface area contributed by atoms with E-state index in [0.29, 0.717) is 18.7 Å². The molecule has 2 aliphatic heterocycles. The van der Waals surface area contributed by atoms with Gasteiger partial charge >= 0.3 is 0 Å². The SMILES string of the molecule is O=C(c1ccnnc1)N1CCCC2(CC(Nc3cccnc3)CO2)C1. The Labute approximate surface area is 146 Å². The van der Waals surface area contributed by atoms with Gasteiger partial charge in [-0.25, -0.2) is 0 Å². The third-order valence-electron chi connectivity index (χ3n) is 4.90. The van der Waals surface area contributed by atoms with Crippen molar-refractivity contribution < 1.29 is 9.53 Å². The fraction of sp³-hybridized carbons (Fsp3) is 0.444. The number of amides is 1. The quantitative estimate of drug-likeness (QED) is 0.918. The minimum absolute atomic E-state index is 0.00115. The molecule has 1 N–H and O–H groups in total. The van der Waals surface area contributed by atoms with Gasteiger partial charge in [0.1, 0.15) is 0 Å². The number of pyridine rings is 1. The lowest BCUT2D eigenvalue weighted by atomic mass is 9.88. The second kappa shape index (κ2) is 6.76. The van der Waals surface area contributed by atoms with Gasteiger partial charge in [0.2, 0.25) is 0 Å². The fourth-order valence-electron chi connectivity index (χ4n) is 3.78. The van der Waals surface area contributed by atoms with Gasteiger partial charge in [0.25, 0.3) is 5.91 Å². The number of hydrogen-bond donors (Lipinski definition) is 1. The molecule has 2 saturated heterocycles. The zero-order valence-corrected chi connectivity index (χ0v) is 14.0. The number of piperidine rings is 1. The van der Waals surface area contributed by atoms with Crippen molar-refractivity contribution in [3.05, 3.63) is 48.5 Å². The third kappa shape index (κ3) is 3.46. The first-order valence-corrected chi connectivity index (χ1v) is 8.61. The number of hydrogen-bond acceptors (Lipinski definition) is 6. The van der Waals surface area contributed by atoms with Crippen molar-refractivity contribution in [2.45, 2.75) is 30.9 Å². The fourth-order valence-corrected chi connectivity index (χ4v) is 3.78. The standard InChI is InChI=1S/C18H21N5O2/c24-17(14-4-7-20-21-10-14)23-8-2-5-18(13-23)9-16(12-25-18)22-15-3-1-6-19-11-15/h1,3-4,6-7,10-11,16,22H,2,5,8-9,12-13H2. The van der Waals surface area contributed by atoms with Crippen LogP contribution in [0.1, 0.15) is 29.6 Å². The van der Waals surface area contributed by atoms with E-state index in [2.05, 4.69) is 20.5 Å². The Morgan fingerprint density at radius 3 is 3.04 bits per heavy atom. The molecule has 0 bridgehead atoms. The van der Waals surface area contributed by atoms with Crippen molar-refractivity contribution in [2.24, 2.45) is 0 Å². The van der Waals surface area contributed by atoms with Crippen LogP contribution in [-0.2, 0) is 4.74 Å². The predicted molar refractivity (Wildman–Crippen MR) is 92.1 cm³/mol. The molecule has 0 aromatic carbocycles. The molecule has 0 aliphatic carbocycles. The number of likely N-dealkylation sites (tertiary alicyclic amines) is 1. The van der Waals surface area contributed by atoms with Gasteiger partial charge in [-0.05, 0) is 31.0 Å². The van der Waals surface area contributed by atoms with E-state index in [0.717, 1.165) is 31.5 Å². The topological polar surface area (TPSA) is 80.2 Å². The van der Waals surface area contributed by atoms with E-state index < -0.39 is 0 Å². The normalized spacial score (nSPS) is 25.9. The summed E-state index contributed by atoms with van der Waals surface area (Å²) in [5.74, 6) is 0.00115. The van der Waals surface area contributed by atoms with Crippen LogP contribution in [0, 0.1) is 0 Å². The average Bonchev–Trinajstić information content (AvgIpc) is 3.04. The molecule has 1 spiro atoms. The number of nitrogens with one attached hydrogen (secondary N) is 1. The van der Waals surface area contributed by atoms with E-state index in [1.165, 1.54) is 6.20 Å². The maximum Gasteiger partial charge on any atom is 0.255 e. The van der Waals surface area contributed by atoms with E-state index in [1.54, 1.807) is 18.5 Å². The molecule has 1 amide bonds. The lowest BCUT2D eigenvalue weighted by molar-refractivity contribution is -0.0447. The van der Waals surface area contributed by atoms with E-state index in [1.807, 2.05) is 23.2 Å². The van der Waals surface area contributed by atoms with Gasteiger partial charge in [0, 0.05) is 25.4 Å². The third-order valence-corrected chi connectivity index (χ3v) is 4.90. The first-order chi connectivity index (χ1) is 12.2. The van der Waals surface area contributed by atoms with E-state index >= 15 is 0 Å². The van der Waals surface area contributed by atoms with Crippen LogP contribution in [0.3, 0.4) is 0 Å². The monoisotopic (exact) mass is 339 g/mol. The molecular formula is C18H21N5O2. The number of nitrogens with zero attached hydrogens (tertiary/aromatic N) is 4. The van der Waals surface area contributed by atoms with Crippen LogP contribution in [0.4, 0.5) is 5.69 Å². The Balaban J connectivity index is 1.42. The van der Waals surface area contributed by atoms with Crippen molar-refractivity contribution in [1.29, 1.82) is 0 Å². The van der Waals surface area contributed by atoms with Crippen molar-refractivity contribution in [2.75, 3.05) is 25.0 Å². The van der Waals surface area contributed by atoms with Crippen LogP contribution in [0.5, 0.6) is 0 Å². The molecule has 2 aromatic rings. The van der Waals surface area contributed by atoms with Gasteiger partial charge in [-0.3, -0.25) is 9.78 Å². The molecule has 7 heteroatoms. The molecule has 0 radical (unpaired) electrons. The molecule has 2 aromatic heterocycles. The summed E-state index contributed by atoms with van der Waals surface area (Å²) in [4.78, 5) is 18.7. The molecule has 2 unspecified atom stereocenters. The first kappa shape index (κ1) is 16.0. The van der Waals surface area contributed by atoms with Gasteiger partial charge in [-0.2, -0.15) is 10.2 Å². The minimum Gasteiger partial charge on any atom is -0.379 e. The van der Waals surface area contributed by atoms with Crippen molar-refractivity contribution >= 4 is 11.6 Å². The molecule has 0 saturated carbocycles. The largest absolute Gasteiger partial charge is 0.379 e. The van der Waals surface area contributed by atoms with Crippen LogP contribution in [-0.4, -0.2) is 57.3 Å². The van der Waals surface area contributed by atoms with Crippen molar-refractivity contribution in [1.82, 2.24) is 20.1 Å². The molecule has 2 atom stereocenters. The number of ether oxygens (including phenoxy) is 1. The molecule has 2 aliphatic rings. The summed E-state index contributed by atoms with van der Waals surface area (Å²) in [6.07, 6.45) is 9.47. The highest BCUT2D eigenvalue weighted by Gasteiger charge is 2.44. The van der Waals surface area contributed by atoms with E-state index in [9.17, 15) is 4.79 Å². The van der Waals surface area contributed by atoms with Crippen LogP contribution in [0.2, 0.25) is 0 Å². The Kier molecular flexibility index (Phi) is 4.31. The van der Waals surface area contributed by atoms with Crippen molar-refractivity contribution in [3.8, 4) is 0 Å². The number of rotatable bonds is 3. The molecule has 2 fully saturated rings. The van der Waals surface area contributed by atoms with Gasteiger partial charge < -0.3 is 15.0 Å². The summed E-state index contributed by atoms with van der Waals surface area (Å²) in [5.41, 5.74) is 1.32. The van der Waals surface area contributed by atoms with Gasteiger partial charge in [0.15, 0.2) is 0 Å². The van der Waals surface area contributed by atoms with Gasteiger partial charge in [-0.1, -0.05) is 0 Å². The Hall–Kier alpha value is -2.54. The smallest absolute Gasteiger partial charge is 0.255 e. The Morgan fingerprint density at radius 1 is 1.28 bits per heavy atom. The van der Waals surface area contributed by atoms with E-state index in [4.69, 9.17) is 4.74 Å². The number of carbonyl (C=O) groups is 1. The molecule has 25 heavy (non-hydrogen) atoms. The Bertz CT molecular complexity index is 727. The summed E-state index contributed by atoms with van der Waals surface area (Å²) in [6, 6.07) is 5.86. The van der Waals surface area contributed by atoms with Crippen LogP contribution < -0.4 is 5.32 Å². The second-order valence-corrected chi connectivity index (χ2v) is 6.74. The summed E-state index contributed by atoms with van der Waals surface area (Å²) < 4.78 is 6.18. The summed E-state index contributed by atoms with van der Waals surface area (Å²) >= 11 is 0. The molecule has 4 heterocycles. The first-order valence-electron chi connectivity index (χ1n) is 8.61. The summed E-state index contributed by atoms with van der Waals surface area (Å²) in [6.45, 7) is 2.03. The maximum absolute atomic E-state index is 12.7. The predicted octanol–water partition coefficient (Wildman–Crippen LogP) is 1.75. The highest BCUT2D eigenvalue weighted by Crippen LogP contribution is 2.36. The zero-order valence-electron chi connectivity index (χ0n) is 14.0. The molecule has 130 valence electrons. The van der Waals surface area contributed by atoms with Crippen molar-refractivity contribution in [3.63, 3.8) is 0 Å². The second-order valence-electron chi connectivity index (χ2n) is 6.74. The highest BCUT2D eigenvalue weighted by atomic mass is 16.5. The number of carbonyl (C=O) groups excluding carboxylic acids is 1. The molecular weight excluding hydrogens is 318 g/mol. The summed E-state index contributed by atoms with van der Waals surface area (Å²) in [5, 5.41) is 11.0.